The van der Waals surface area contributed by atoms with Crippen LogP contribution >= 0.6 is 11.6 Å². The summed E-state index contributed by atoms with van der Waals surface area (Å²) in [5.74, 6) is 0.408. The zero-order valence-electron chi connectivity index (χ0n) is 16.3. The summed E-state index contributed by atoms with van der Waals surface area (Å²) in [5.41, 5.74) is 2.08. The van der Waals surface area contributed by atoms with E-state index in [0.717, 1.165) is 37.1 Å². The van der Waals surface area contributed by atoms with Crippen molar-refractivity contribution in [3.63, 3.8) is 0 Å². The molecule has 1 amide bonds. The summed E-state index contributed by atoms with van der Waals surface area (Å²) < 4.78 is 1.25. The molecule has 30 heavy (non-hydrogen) atoms. The molecule has 0 saturated carbocycles. The van der Waals surface area contributed by atoms with Crippen molar-refractivity contribution in [3.05, 3.63) is 69.6 Å². The first kappa shape index (κ1) is 20.2. The molecule has 0 spiro atoms. The summed E-state index contributed by atoms with van der Waals surface area (Å²) in [4.78, 5) is 26.9. The number of aromatic amines is 1. The van der Waals surface area contributed by atoms with E-state index in [1.165, 1.54) is 4.68 Å². The van der Waals surface area contributed by atoms with Crippen molar-refractivity contribution in [1.82, 2.24) is 25.4 Å². The zero-order valence-corrected chi connectivity index (χ0v) is 17.1. The minimum absolute atomic E-state index is 0.0741. The first-order chi connectivity index (χ1) is 14.6. The number of anilines is 2. The van der Waals surface area contributed by atoms with E-state index in [1.807, 2.05) is 24.3 Å². The Hall–Kier alpha value is -3.10. The van der Waals surface area contributed by atoms with Gasteiger partial charge in [-0.15, -0.1) is 5.10 Å². The molecule has 1 fully saturated rings. The lowest BCUT2D eigenvalue weighted by Crippen LogP contribution is -2.42. The van der Waals surface area contributed by atoms with E-state index in [9.17, 15) is 9.59 Å². The zero-order chi connectivity index (χ0) is 20.9. The van der Waals surface area contributed by atoms with E-state index < -0.39 is 0 Å². The Bertz CT molecular complexity index is 1080. The van der Waals surface area contributed by atoms with Crippen LogP contribution in [0.25, 0.3) is 5.69 Å². The largest absolute Gasteiger partial charge is 0.355 e. The van der Waals surface area contributed by atoms with Crippen LogP contribution in [0.3, 0.4) is 0 Å². The van der Waals surface area contributed by atoms with Gasteiger partial charge in [-0.25, -0.2) is 4.79 Å². The Morgan fingerprint density at radius 1 is 1.13 bits per heavy atom. The van der Waals surface area contributed by atoms with Crippen LogP contribution in [0.4, 0.5) is 11.6 Å². The number of amides is 1. The number of hydrogen-bond donors (Lipinski definition) is 4. The van der Waals surface area contributed by atoms with Crippen molar-refractivity contribution >= 4 is 29.1 Å². The van der Waals surface area contributed by atoms with E-state index in [4.69, 9.17) is 11.6 Å². The lowest BCUT2D eigenvalue weighted by molar-refractivity contribution is -0.122. The molecule has 1 aliphatic heterocycles. The second kappa shape index (κ2) is 9.15. The van der Waals surface area contributed by atoms with Gasteiger partial charge in [-0.05, 0) is 55.2 Å². The van der Waals surface area contributed by atoms with Gasteiger partial charge in [0.05, 0.1) is 11.7 Å². The van der Waals surface area contributed by atoms with Crippen LogP contribution < -0.4 is 21.6 Å². The second-order valence-corrected chi connectivity index (χ2v) is 7.65. The van der Waals surface area contributed by atoms with Gasteiger partial charge in [0.25, 0.3) is 0 Å². The molecule has 1 atom stereocenters. The molecule has 8 nitrogen and oxygen atoms in total. The molecular formula is C21H23ClN6O2. The summed E-state index contributed by atoms with van der Waals surface area (Å²) in [6, 6.07) is 14.5. The molecule has 0 radical (unpaired) electrons. The maximum absolute atomic E-state index is 12.2. The van der Waals surface area contributed by atoms with Crippen LogP contribution in [0.5, 0.6) is 0 Å². The fourth-order valence-corrected chi connectivity index (χ4v) is 3.57. The van der Waals surface area contributed by atoms with Crippen LogP contribution in [0.2, 0.25) is 5.02 Å². The van der Waals surface area contributed by atoms with Gasteiger partial charge in [-0.1, -0.05) is 29.8 Å². The van der Waals surface area contributed by atoms with Gasteiger partial charge in [0.2, 0.25) is 11.9 Å². The number of rotatable bonds is 6. The number of hydrogen-bond acceptors (Lipinski definition) is 5. The molecule has 1 unspecified atom stereocenters. The summed E-state index contributed by atoms with van der Waals surface area (Å²) in [6.45, 7) is 1.37. The molecule has 4 N–H and O–H groups in total. The lowest BCUT2D eigenvalue weighted by atomic mass is 10.1. The molecule has 3 aromatic rings. The van der Waals surface area contributed by atoms with Crippen LogP contribution in [-0.2, 0) is 11.3 Å². The first-order valence-electron chi connectivity index (χ1n) is 9.91. The molecule has 1 aliphatic rings. The topological polar surface area (TPSA) is 104 Å². The fourth-order valence-electron chi connectivity index (χ4n) is 3.38. The molecule has 2 aromatic carbocycles. The molecule has 2 heterocycles. The molecule has 9 heteroatoms. The molecular weight excluding hydrogens is 404 g/mol. The average Bonchev–Trinajstić information content (AvgIpc) is 2.97. The number of aromatic nitrogens is 3. The highest BCUT2D eigenvalue weighted by Crippen LogP contribution is 2.16. The van der Waals surface area contributed by atoms with Crippen LogP contribution in [0, 0.1) is 0 Å². The number of halogens is 1. The summed E-state index contributed by atoms with van der Waals surface area (Å²) in [7, 11) is 0. The third kappa shape index (κ3) is 4.90. The normalized spacial score (nSPS) is 16.7. The van der Waals surface area contributed by atoms with Crippen molar-refractivity contribution in [2.45, 2.75) is 31.8 Å². The van der Waals surface area contributed by atoms with Gasteiger partial charge in [0, 0.05) is 23.8 Å². The van der Waals surface area contributed by atoms with Crippen molar-refractivity contribution in [1.29, 1.82) is 0 Å². The van der Waals surface area contributed by atoms with Gasteiger partial charge in [-0.2, -0.15) is 4.68 Å². The summed E-state index contributed by atoms with van der Waals surface area (Å²) in [6.07, 6.45) is 2.92. The van der Waals surface area contributed by atoms with Crippen molar-refractivity contribution < 1.29 is 4.79 Å². The Morgan fingerprint density at radius 3 is 2.77 bits per heavy atom. The molecule has 1 saturated heterocycles. The smallest absolute Gasteiger partial charge is 0.349 e. The Morgan fingerprint density at radius 2 is 1.97 bits per heavy atom. The molecule has 0 aliphatic carbocycles. The van der Waals surface area contributed by atoms with E-state index in [1.54, 1.807) is 24.3 Å². The number of benzene rings is 2. The number of carbonyl (C=O) groups is 1. The van der Waals surface area contributed by atoms with Gasteiger partial charge in [0.1, 0.15) is 0 Å². The van der Waals surface area contributed by atoms with Gasteiger partial charge < -0.3 is 16.0 Å². The number of H-pyrrole nitrogens is 1. The Kier molecular flexibility index (Phi) is 6.15. The van der Waals surface area contributed by atoms with E-state index in [-0.39, 0.29) is 17.6 Å². The SMILES string of the molecule is O=C1NCCCCC1NCc1ccc(Nc2nn(-c3cccc(Cl)c3)c(=O)[nH]2)cc1. The molecule has 156 valence electrons. The van der Waals surface area contributed by atoms with Crippen LogP contribution in [-0.4, -0.2) is 33.3 Å². The van der Waals surface area contributed by atoms with E-state index in [0.29, 0.717) is 23.2 Å². The van der Waals surface area contributed by atoms with Gasteiger partial charge in [-0.3, -0.25) is 9.78 Å². The van der Waals surface area contributed by atoms with Crippen LogP contribution in [0.15, 0.2) is 53.3 Å². The van der Waals surface area contributed by atoms with Gasteiger partial charge >= 0.3 is 5.69 Å². The minimum Gasteiger partial charge on any atom is -0.355 e. The van der Waals surface area contributed by atoms with Crippen molar-refractivity contribution in [2.75, 3.05) is 11.9 Å². The number of nitrogens with zero attached hydrogens (tertiary/aromatic N) is 2. The minimum atomic E-state index is -0.359. The molecule has 0 bridgehead atoms. The number of carbonyl (C=O) groups excluding carboxylic acids is 1. The maximum atomic E-state index is 12.2. The fraction of sp³-hybridized carbons (Fsp3) is 0.286. The monoisotopic (exact) mass is 426 g/mol. The van der Waals surface area contributed by atoms with E-state index >= 15 is 0 Å². The van der Waals surface area contributed by atoms with E-state index in [2.05, 4.69) is 26.0 Å². The highest BCUT2D eigenvalue weighted by molar-refractivity contribution is 6.30. The lowest BCUT2D eigenvalue weighted by Gasteiger charge is -2.15. The maximum Gasteiger partial charge on any atom is 0.349 e. The Labute approximate surface area is 178 Å². The standard InChI is InChI=1S/C21H23ClN6O2/c22-15-4-3-5-17(12-15)28-21(30)26-20(27-28)25-16-9-7-14(8-10-16)13-24-18-6-1-2-11-23-19(18)29/h3-5,7-10,12,18,24H,1-2,6,11,13H2,(H,23,29)(H2,25,26,27,30). The summed E-state index contributed by atoms with van der Waals surface area (Å²) in [5, 5.41) is 14.2. The predicted octanol–water partition coefficient (Wildman–Crippen LogP) is 2.72. The highest BCUT2D eigenvalue weighted by Gasteiger charge is 2.19. The summed E-state index contributed by atoms with van der Waals surface area (Å²) >= 11 is 5.99. The van der Waals surface area contributed by atoms with Crippen molar-refractivity contribution in [3.8, 4) is 5.69 Å². The quantitative estimate of drug-likeness (QED) is 0.485. The van der Waals surface area contributed by atoms with Crippen molar-refractivity contribution in [2.24, 2.45) is 0 Å². The van der Waals surface area contributed by atoms with Gasteiger partial charge in [0.15, 0.2) is 0 Å². The molecule has 4 rings (SSSR count). The third-order valence-electron chi connectivity index (χ3n) is 4.98. The molecule has 1 aromatic heterocycles. The number of nitrogens with one attached hydrogen (secondary N) is 4. The van der Waals surface area contributed by atoms with Crippen LogP contribution in [0.1, 0.15) is 24.8 Å². The highest BCUT2D eigenvalue weighted by atomic mass is 35.5. The average molecular weight is 427 g/mol. The predicted molar refractivity (Wildman–Crippen MR) is 116 cm³/mol. The second-order valence-electron chi connectivity index (χ2n) is 7.21. The Balaban J connectivity index is 1.38. The first-order valence-corrected chi connectivity index (χ1v) is 10.3. The third-order valence-corrected chi connectivity index (χ3v) is 5.21.